The van der Waals surface area contributed by atoms with Crippen LogP contribution in [-0.4, -0.2) is 22.5 Å². The fraction of sp³-hybridized carbons (Fsp3) is 0.240. The van der Waals surface area contributed by atoms with E-state index in [4.69, 9.17) is 9.15 Å². The number of nitrogens with zero attached hydrogens (tertiary/aromatic N) is 2. The average molecular weight is 415 g/mol. The SMILES string of the molecule is CC[C@H](C)c1ccc(OCC(=O)Nc2cccc(-c3nc4ncccc4o3)c2C)cc1. The quantitative estimate of drug-likeness (QED) is 0.417. The molecule has 0 fully saturated rings. The number of carbonyl (C=O) groups is 1. The van der Waals surface area contributed by atoms with Crippen LogP contribution in [0.25, 0.3) is 22.7 Å². The highest BCUT2D eigenvalue weighted by Crippen LogP contribution is 2.30. The van der Waals surface area contributed by atoms with E-state index in [1.807, 2.05) is 55.5 Å². The van der Waals surface area contributed by atoms with Gasteiger partial charge in [-0.25, -0.2) is 4.98 Å². The van der Waals surface area contributed by atoms with E-state index in [1.54, 1.807) is 12.3 Å². The monoisotopic (exact) mass is 415 g/mol. The summed E-state index contributed by atoms with van der Waals surface area (Å²) in [5, 5.41) is 2.91. The summed E-state index contributed by atoms with van der Waals surface area (Å²) >= 11 is 0. The van der Waals surface area contributed by atoms with Crippen molar-refractivity contribution in [3.05, 3.63) is 71.9 Å². The predicted molar refractivity (Wildman–Crippen MR) is 121 cm³/mol. The van der Waals surface area contributed by atoms with E-state index in [0.29, 0.717) is 34.5 Å². The second-order valence-corrected chi connectivity index (χ2v) is 7.54. The Morgan fingerprint density at radius 1 is 1.13 bits per heavy atom. The minimum Gasteiger partial charge on any atom is -0.484 e. The molecule has 2 heterocycles. The highest BCUT2D eigenvalue weighted by Gasteiger charge is 2.14. The van der Waals surface area contributed by atoms with E-state index in [-0.39, 0.29) is 12.5 Å². The fourth-order valence-electron chi connectivity index (χ4n) is 3.35. The molecule has 1 amide bonds. The third-order valence-electron chi connectivity index (χ3n) is 5.43. The second kappa shape index (κ2) is 9.00. The molecule has 4 aromatic rings. The first-order chi connectivity index (χ1) is 15.0. The van der Waals surface area contributed by atoms with E-state index >= 15 is 0 Å². The summed E-state index contributed by atoms with van der Waals surface area (Å²) in [4.78, 5) is 21.1. The molecule has 0 aliphatic carbocycles. The van der Waals surface area contributed by atoms with Gasteiger partial charge >= 0.3 is 0 Å². The number of ether oxygens (including phenoxy) is 1. The molecule has 158 valence electrons. The predicted octanol–water partition coefficient (Wildman–Crippen LogP) is 5.73. The number of fused-ring (bicyclic) bond motifs is 1. The van der Waals surface area contributed by atoms with Gasteiger partial charge in [0.05, 0.1) is 0 Å². The summed E-state index contributed by atoms with van der Waals surface area (Å²) in [6, 6.07) is 17.1. The van der Waals surface area contributed by atoms with Crippen molar-refractivity contribution in [2.75, 3.05) is 11.9 Å². The van der Waals surface area contributed by atoms with Crippen LogP contribution in [0.4, 0.5) is 5.69 Å². The molecule has 0 bridgehead atoms. The zero-order valence-corrected chi connectivity index (χ0v) is 17.9. The number of anilines is 1. The van der Waals surface area contributed by atoms with Crippen molar-refractivity contribution in [2.45, 2.75) is 33.1 Å². The zero-order chi connectivity index (χ0) is 21.8. The van der Waals surface area contributed by atoms with Crippen LogP contribution in [0.15, 0.2) is 65.2 Å². The van der Waals surface area contributed by atoms with Crippen molar-refractivity contribution in [2.24, 2.45) is 0 Å². The Hall–Kier alpha value is -3.67. The number of amides is 1. The summed E-state index contributed by atoms with van der Waals surface area (Å²) in [6.45, 7) is 6.20. The Morgan fingerprint density at radius 3 is 2.68 bits per heavy atom. The lowest BCUT2D eigenvalue weighted by Gasteiger charge is -2.12. The highest BCUT2D eigenvalue weighted by atomic mass is 16.5. The minimum absolute atomic E-state index is 0.0703. The van der Waals surface area contributed by atoms with Crippen molar-refractivity contribution in [3.63, 3.8) is 0 Å². The van der Waals surface area contributed by atoms with Crippen molar-refractivity contribution >= 4 is 22.8 Å². The van der Waals surface area contributed by atoms with Crippen molar-refractivity contribution in [3.8, 4) is 17.2 Å². The van der Waals surface area contributed by atoms with Gasteiger partial charge in [0.25, 0.3) is 5.91 Å². The lowest BCUT2D eigenvalue weighted by Crippen LogP contribution is -2.20. The zero-order valence-electron chi connectivity index (χ0n) is 17.9. The van der Waals surface area contributed by atoms with E-state index in [0.717, 1.165) is 17.5 Å². The lowest BCUT2D eigenvalue weighted by atomic mass is 9.99. The van der Waals surface area contributed by atoms with Gasteiger partial charge in [-0.2, -0.15) is 4.98 Å². The van der Waals surface area contributed by atoms with Gasteiger partial charge in [0, 0.05) is 17.4 Å². The first-order valence-electron chi connectivity index (χ1n) is 10.4. The molecule has 0 spiro atoms. The molecule has 0 saturated carbocycles. The summed E-state index contributed by atoms with van der Waals surface area (Å²) in [5.74, 6) is 1.42. The number of pyridine rings is 1. The van der Waals surface area contributed by atoms with E-state index in [9.17, 15) is 4.79 Å². The van der Waals surface area contributed by atoms with Crippen molar-refractivity contribution < 1.29 is 13.9 Å². The molecule has 0 aliphatic rings. The van der Waals surface area contributed by atoms with Crippen LogP contribution in [-0.2, 0) is 4.79 Å². The van der Waals surface area contributed by atoms with E-state index < -0.39 is 0 Å². The van der Waals surface area contributed by atoms with Crippen LogP contribution in [0, 0.1) is 6.92 Å². The number of hydrogen-bond donors (Lipinski definition) is 1. The summed E-state index contributed by atoms with van der Waals surface area (Å²) < 4.78 is 11.5. The maximum Gasteiger partial charge on any atom is 0.262 e. The maximum atomic E-state index is 12.5. The Morgan fingerprint density at radius 2 is 1.94 bits per heavy atom. The number of benzene rings is 2. The largest absolute Gasteiger partial charge is 0.484 e. The van der Waals surface area contributed by atoms with Crippen LogP contribution in [0.2, 0.25) is 0 Å². The van der Waals surface area contributed by atoms with Gasteiger partial charge in [-0.3, -0.25) is 4.79 Å². The number of nitrogens with one attached hydrogen (secondary N) is 1. The number of oxazole rings is 1. The van der Waals surface area contributed by atoms with Crippen molar-refractivity contribution in [1.29, 1.82) is 0 Å². The molecule has 6 nitrogen and oxygen atoms in total. The van der Waals surface area contributed by atoms with Gasteiger partial charge in [0.1, 0.15) is 5.75 Å². The number of carbonyl (C=O) groups excluding carboxylic acids is 1. The molecule has 2 aromatic carbocycles. The molecule has 1 N–H and O–H groups in total. The molecular weight excluding hydrogens is 390 g/mol. The van der Waals surface area contributed by atoms with Gasteiger partial charge in [-0.15, -0.1) is 0 Å². The van der Waals surface area contributed by atoms with E-state index in [2.05, 4.69) is 29.1 Å². The molecule has 4 rings (SSSR count). The molecule has 1 atom stereocenters. The molecule has 0 aliphatic heterocycles. The van der Waals surface area contributed by atoms with Crippen LogP contribution in [0.1, 0.15) is 37.3 Å². The summed E-state index contributed by atoms with van der Waals surface area (Å²) in [6.07, 6.45) is 2.76. The lowest BCUT2D eigenvalue weighted by molar-refractivity contribution is -0.118. The molecule has 2 aromatic heterocycles. The van der Waals surface area contributed by atoms with Crippen LogP contribution in [0.3, 0.4) is 0 Å². The number of rotatable bonds is 7. The van der Waals surface area contributed by atoms with Crippen LogP contribution >= 0.6 is 0 Å². The standard InChI is InChI=1S/C25H25N3O3/c1-4-16(2)18-10-12-19(13-11-18)30-15-23(29)27-21-8-5-7-20(17(21)3)25-28-24-22(31-25)9-6-14-26-24/h5-14,16H,4,15H2,1-3H3,(H,27,29)/t16-/m0/s1. The second-order valence-electron chi connectivity index (χ2n) is 7.54. The Balaban J connectivity index is 1.43. The topological polar surface area (TPSA) is 77.2 Å². The molecule has 0 unspecified atom stereocenters. The average Bonchev–Trinajstić information content (AvgIpc) is 3.23. The number of aromatic nitrogens is 2. The molecule has 31 heavy (non-hydrogen) atoms. The third-order valence-corrected chi connectivity index (χ3v) is 5.43. The summed E-state index contributed by atoms with van der Waals surface area (Å²) in [7, 11) is 0. The molecular formula is C25H25N3O3. The van der Waals surface area contributed by atoms with Crippen LogP contribution in [0.5, 0.6) is 5.75 Å². The molecule has 6 heteroatoms. The Bertz CT molecular complexity index is 1170. The van der Waals surface area contributed by atoms with E-state index in [1.165, 1.54) is 5.56 Å². The Labute approximate surface area is 181 Å². The highest BCUT2D eigenvalue weighted by molar-refractivity contribution is 5.93. The van der Waals surface area contributed by atoms with Gasteiger partial charge in [0.2, 0.25) is 5.89 Å². The first-order valence-corrected chi connectivity index (χ1v) is 10.4. The molecule has 0 saturated heterocycles. The fourth-order valence-corrected chi connectivity index (χ4v) is 3.35. The van der Waals surface area contributed by atoms with Gasteiger partial charge in [-0.1, -0.05) is 32.0 Å². The van der Waals surface area contributed by atoms with Crippen molar-refractivity contribution in [1.82, 2.24) is 9.97 Å². The normalized spacial score (nSPS) is 12.0. The smallest absolute Gasteiger partial charge is 0.262 e. The number of hydrogen-bond acceptors (Lipinski definition) is 5. The van der Waals surface area contributed by atoms with Gasteiger partial charge < -0.3 is 14.5 Å². The minimum atomic E-state index is -0.231. The Kier molecular flexibility index (Phi) is 5.98. The van der Waals surface area contributed by atoms with Gasteiger partial charge in [-0.05, 0) is 66.8 Å². The third kappa shape index (κ3) is 4.58. The first kappa shape index (κ1) is 20.6. The summed E-state index contributed by atoms with van der Waals surface area (Å²) in [5.41, 5.74) is 4.80. The van der Waals surface area contributed by atoms with Crippen LogP contribution < -0.4 is 10.1 Å². The van der Waals surface area contributed by atoms with Gasteiger partial charge in [0.15, 0.2) is 17.8 Å². The molecule has 0 radical (unpaired) electrons. The maximum absolute atomic E-state index is 12.5.